The lowest BCUT2D eigenvalue weighted by Crippen LogP contribution is -2.43. The van der Waals surface area contributed by atoms with Crippen molar-refractivity contribution in [3.8, 4) is 11.1 Å². The molecule has 0 bridgehead atoms. The van der Waals surface area contributed by atoms with Crippen LogP contribution in [0.1, 0.15) is 18.1 Å². The van der Waals surface area contributed by atoms with Crippen molar-refractivity contribution in [2.75, 3.05) is 5.32 Å². The molecular formula is C17H17N3O2. The second-order valence-electron chi connectivity index (χ2n) is 5.43. The highest BCUT2D eigenvalue weighted by Gasteiger charge is 2.19. The SMILES string of the molecule is C[C@H](Nc1ccc2c(c1)Cc1ccccc1-2)C(=O)NC(N)=O. The van der Waals surface area contributed by atoms with Crippen LogP contribution in [0.3, 0.4) is 0 Å². The zero-order chi connectivity index (χ0) is 15.7. The van der Waals surface area contributed by atoms with E-state index < -0.39 is 18.0 Å². The highest BCUT2D eigenvalue weighted by Crippen LogP contribution is 2.37. The first-order chi connectivity index (χ1) is 10.5. The van der Waals surface area contributed by atoms with E-state index >= 15 is 0 Å². The lowest BCUT2D eigenvalue weighted by molar-refractivity contribution is -0.120. The number of nitrogens with two attached hydrogens (primary N) is 1. The van der Waals surface area contributed by atoms with Gasteiger partial charge in [-0.05, 0) is 47.7 Å². The van der Waals surface area contributed by atoms with Crippen LogP contribution in [0.4, 0.5) is 10.5 Å². The van der Waals surface area contributed by atoms with Gasteiger partial charge in [0.05, 0.1) is 0 Å². The summed E-state index contributed by atoms with van der Waals surface area (Å²) in [6.07, 6.45) is 0.892. The van der Waals surface area contributed by atoms with Gasteiger partial charge in [-0.3, -0.25) is 10.1 Å². The van der Waals surface area contributed by atoms with E-state index in [1.54, 1.807) is 6.92 Å². The summed E-state index contributed by atoms with van der Waals surface area (Å²) in [5, 5.41) is 5.15. The number of carbonyl (C=O) groups is 2. The van der Waals surface area contributed by atoms with Gasteiger partial charge in [-0.15, -0.1) is 0 Å². The van der Waals surface area contributed by atoms with E-state index in [1.165, 1.54) is 22.3 Å². The first-order valence-electron chi connectivity index (χ1n) is 7.12. The molecule has 2 aromatic carbocycles. The molecule has 1 aliphatic carbocycles. The van der Waals surface area contributed by atoms with Gasteiger partial charge in [-0.2, -0.15) is 0 Å². The maximum Gasteiger partial charge on any atom is 0.318 e. The van der Waals surface area contributed by atoms with Crippen LogP contribution in [-0.2, 0) is 11.2 Å². The minimum absolute atomic E-state index is 0.448. The molecule has 0 fully saturated rings. The van der Waals surface area contributed by atoms with Crippen LogP contribution in [0.25, 0.3) is 11.1 Å². The molecule has 1 atom stereocenters. The van der Waals surface area contributed by atoms with E-state index in [4.69, 9.17) is 5.73 Å². The van der Waals surface area contributed by atoms with E-state index in [9.17, 15) is 9.59 Å². The number of fused-ring (bicyclic) bond motifs is 3. The molecule has 0 radical (unpaired) electrons. The van der Waals surface area contributed by atoms with Crippen molar-refractivity contribution < 1.29 is 9.59 Å². The number of rotatable bonds is 3. The first-order valence-corrected chi connectivity index (χ1v) is 7.12. The highest BCUT2D eigenvalue weighted by atomic mass is 16.2. The minimum atomic E-state index is -0.844. The van der Waals surface area contributed by atoms with Gasteiger partial charge in [0, 0.05) is 5.69 Å². The number of anilines is 1. The van der Waals surface area contributed by atoms with Crippen molar-refractivity contribution in [2.24, 2.45) is 5.73 Å². The third-order valence-electron chi connectivity index (χ3n) is 3.82. The molecule has 4 N–H and O–H groups in total. The molecule has 5 nitrogen and oxygen atoms in total. The summed E-state index contributed by atoms with van der Waals surface area (Å²) < 4.78 is 0. The molecule has 0 aromatic heterocycles. The first kappa shape index (κ1) is 14.1. The smallest absolute Gasteiger partial charge is 0.318 e. The van der Waals surface area contributed by atoms with Crippen molar-refractivity contribution in [2.45, 2.75) is 19.4 Å². The van der Waals surface area contributed by atoms with Crippen LogP contribution in [0.2, 0.25) is 0 Å². The zero-order valence-corrected chi connectivity index (χ0v) is 12.2. The molecular weight excluding hydrogens is 278 g/mol. The van der Waals surface area contributed by atoms with Gasteiger partial charge in [-0.1, -0.05) is 30.3 Å². The van der Waals surface area contributed by atoms with Gasteiger partial charge in [0.2, 0.25) is 5.91 Å². The van der Waals surface area contributed by atoms with Gasteiger partial charge >= 0.3 is 6.03 Å². The standard InChI is InChI=1S/C17H17N3O2/c1-10(16(21)20-17(18)22)19-13-6-7-15-12(9-13)8-11-4-2-3-5-14(11)15/h2-7,9-10,19H,8H2,1H3,(H3,18,20,21,22)/t10-/m0/s1. The molecule has 0 unspecified atom stereocenters. The minimum Gasteiger partial charge on any atom is -0.374 e. The second-order valence-corrected chi connectivity index (χ2v) is 5.43. The fraction of sp³-hybridized carbons (Fsp3) is 0.176. The average molecular weight is 295 g/mol. The third-order valence-corrected chi connectivity index (χ3v) is 3.82. The van der Waals surface area contributed by atoms with Gasteiger partial charge in [0.25, 0.3) is 0 Å². The van der Waals surface area contributed by atoms with Crippen LogP contribution in [-0.4, -0.2) is 18.0 Å². The Morgan fingerprint density at radius 3 is 2.59 bits per heavy atom. The molecule has 3 amide bonds. The summed E-state index contributed by atoms with van der Waals surface area (Å²) in [4.78, 5) is 22.4. The fourth-order valence-electron chi connectivity index (χ4n) is 2.78. The number of nitrogens with one attached hydrogen (secondary N) is 2. The summed E-state index contributed by atoms with van der Waals surface area (Å²) in [5.74, 6) is -0.448. The van der Waals surface area contributed by atoms with E-state index in [1.807, 2.05) is 24.3 Å². The molecule has 0 heterocycles. The lowest BCUT2D eigenvalue weighted by atomic mass is 10.1. The van der Waals surface area contributed by atoms with Crippen LogP contribution in [0.15, 0.2) is 42.5 Å². The quantitative estimate of drug-likeness (QED) is 0.693. The van der Waals surface area contributed by atoms with Gasteiger partial charge in [0.15, 0.2) is 0 Å². The van der Waals surface area contributed by atoms with Crippen LogP contribution in [0.5, 0.6) is 0 Å². The summed E-state index contributed by atoms with van der Waals surface area (Å²) in [5.41, 5.74) is 10.8. The Labute approximate surface area is 128 Å². The molecule has 3 rings (SSSR count). The Hall–Kier alpha value is -2.82. The van der Waals surface area contributed by atoms with Crippen LogP contribution >= 0.6 is 0 Å². The van der Waals surface area contributed by atoms with E-state index in [2.05, 4.69) is 28.8 Å². The van der Waals surface area contributed by atoms with E-state index in [0.717, 1.165) is 12.1 Å². The van der Waals surface area contributed by atoms with Crippen molar-refractivity contribution in [1.82, 2.24) is 5.32 Å². The summed E-state index contributed by atoms with van der Waals surface area (Å²) in [7, 11) is 0. The average Bonchev–Trinajstić information content (AvgIpc) is 2.84. The van der Waals surface area contributed by atoms with Gasteiger partial charge < -0.3 is 11.1 Å². The van der Waals surface area contributed by atoms with Crippen LogP contribution in [0, 0.1) is 0 Å². The Balaban J connectivity index is 1.77. The number of benzene rings is 2. The number of hydrogen-bond acceptors (Lipinski definition) is 3. The number of primary amides is 1. The summed E-state index contributed by atoms with van der Waals surface area (Å²) in [6, 6.07) is 13.0. The number of urea groups is 1. The molecule has 22 heavy (non-hydrogen) atoms. The summed E-state index contributed by atoms with van der Waals surface area (Å²) in [6.45, 7) is 1.68. The lowest BCUT2D eigenvalue weighted by Gasteiger charge is -2.15. The number of imide groups is 1. The maximum absolute atomic E-state index is 11.7. The Kier molecular flexibility index (Phi) is 3.55. The number of hydrogen-bond donors (Lipinski definition) is 3. The Bertz CT molecular complexity index is 755. The van der Waals surface area contributed by atoms with Gasteiger partial charge in [0.1, 0.15) is 6.04 Å². The van der Waals surface area contributed by atoms with Crippen molar-refractivity contribution in [1.29, 1.82) is 0 Å². The monoisotopic (exact) mass is 295 g/mol. The van der Waals surface area contributed by atoms with Crippen molar-refractivity contribution in [3.05, 3.63) is 53.6 Å². The Morgan fingerprint density at radius 2 is 1.82 bits per heavy atom. The normalized spacial score (nSPS) is 13.0. The topological polar surface area (TPSA) is 84.2 Å². The van der Waals surface area contributed by atoms with Crippen molar-refractivity contribution in [3.63, 3.8) is 0 Å². The van der Waals surface area contributed by atoms with Gasteiger partial charge in [-0.25, -0.2) is 4.79 Å². The molecule has 0 saturated carbocycles. The molecule has 0 aliphatic heterocycles. The number of amides is 3. The maximum atomic E-state index is 11.7. The molecule has 5 heteroatoms. The molecule has 1 aliphatic rings. The fourth-order valence-corrected chi connectivity index (χ4v) is 2.78. The van der Waals surface area contributed by atoms with E-state index in [-0.39, 0.29) is 0 Å². The molecule has 112 valence electrons. The molecule has 0 spiro atoms. The molecule has 0 saturated heterocycles. The predicted molar refractivity (Wildman–Crippen MR) is 85.5 cm³/mol. The van der Waals surface area contributed by atoms with Crippen molar-refractivity contribution >= 4 is 17.6 Å². The zero-order valence-electron chi connectivity index (χ0n) is 12.2. The summed E-state index contributed by atoms with van der Waals surface area (Å²) >= 11 is 0. The van der Waals surface area contributed by atoms with Crippen LogP contribution < -0.4 is 16.4 Å². The molecule has 2 aromatic rings. The third kappa shape index (κ3) is 2.65. The Morgan fingerprint density at radius 1 is 1.09 bits per heavy atom. The number of carbonyl (C=O) groups excluding carboxylic acids is 2. The highest BCUT2D eigenvalue weighted by molar-refractivity contribution is 5.97. The predicted octanol–water partition coefficient (Wildman–Crippen LogP) is 2.25. The largest absolute Gasteiger partial charge is 0.374 e. The van der Waals surface area contributed by atoms with E-state index in [0.29, 0.717) is 0 Å². The second kappa shape index (κ2) is 5.52.